The summed E-state index contributed by atoms with van der Waals surface area (Å²) in [6.45, 7) is 3.94. The Labute approximate surface area is 134 Å². The maximum atomic E-state index is 11.9. The van der Waals surface area contributed by atoms with E-state index < -0.39 is 4.92 Å². The number of nitrogens with zero attached hydrogens (tertiary/aromatic N) is 2. The Bertz CT molecular complexity index is 769. The molecule has 2 aromatic carbocycles. The molecule has 23 heavy (non-hydrogen) atoms. The Kier molecular flexibility index (Phi) is 5.19. The fraction of sp³-hybridized carbons (Fsp3) is 0.176. The summed E-state index contributed by atoms with van der Waals surface area (Å²) in [7, 11) is 0. The first-order valence-corrected chi connectivity index (χ1v) is 7.09. The van der Waals surface area contributed by atoms with Crippen molar-refractivity contribution in [2.45, 2.75) is 20.3 Å². The van der Waals surface area contributed by atoms with Crippen molar-refractivity contribution in [1.82, 2.24) is 5.43 Å². The quantitative estimate of drug-likeness (QED) is 0.523. The van der Waals surface area contributed by atoms with Crippen LogP contribution in [0, 0.1) is 24.0 Å². The molecule has 0 spiro atoms. The Morgan fingerprint density at radius 1 is 1.26 bits per heavy atom. The molecule has 1 amide bonds. The molecular formula is C17H17N3O3. The second-order valence-electron chi connectivity index (χ2n) is 5.22. The van der Waals surface area contributed by atoms with Crippen LogP contribution in [0.3, 0.4) is 0 Å². The first-order valence-electron chi connectivity index (χ1n) is 7.09. The number of amides is 1. The highest BCUT2D eigenvalue weighted by atomic mass is 16.6. The van der Waals surface area contributed by atoms with Gasteiger partial charge in [-0.15, -0.1) is 0 Å². The summed E-state index contributed by atoms with van der Waals surface area (Å²) >= 11 is 0. The third kappa shape index (κ3) is 4.47. The van der Waals surface area contributed by atoms with Gasteiger partial charge in [-0.05, 0) is 31.0 Å². The lowest BCUT2D eigenvalue weighted by atomic mass is 10.0. The van der Waals surface area contributed by atoms with Crippen molar-refractivity contribution < 1.29 is 9.72 Å². The minimum Gasteiger partial charge on any atom is -0.273 e. The molecule has 0 aliphatic rings. The number of rotatable bonds is 5. The maximum Gasteiger partial charge on any atom is 0.278 e. The Hall–Kier alpha value is -3.02. The first-order chi connectivity index (χ1) is 11.0. The molecule has 6 nitrogen and oxygen atoms in total. The molecule has 0 bridgehead atoms. The number of nitro groups is 1. The van der Waals surface area contributed by atoms with E-state index in [0.29, 0.717) is 5.56 Å². The molecule has 0 aliphatic heterocycles. The normalized spacial score (nSPS) is 10.7. The van der Waals surface area contributed by atoms with E-state index in [1.807, 2.05) is 32.0 Å². The summed E-state index contributed by atoms with van der Waals surface area (Å²) in [6.07, 6.45) is 1.48. The van der Waals surface area contributed by atoms with Gasteiger partial charge in [0.15, 0.2) is 0 Å². The van der Waals surface area contributed by atoms with Gasteiger partial charge in [-0.3, -0.25) is 14.9 Å². The largest absolute Gasteiger partial charge is 0.278 e. The predicted octanol–water partition coefficient (Wildman–Crippen LogP) is 2.90. The zero-order valence-electron chi connectivity index (χ0n) is 12.9. The highest BCUT2D eigenvalue weighted by Crippen LogP contribution is 2.15. The highest BCUT2D eigenvalue weighted by Gasteiger charge is 2.10. The van der Waals surface area contributed by atoms with Gasteiger partial charge in [0.25, 0.3) is 5.69 Å². The summed E-state index contributed by atoms with van der Waals surface area (Å²) in [5.41, 5.74) is 5.79. The van der Waals surface area contributed by atoms with E-state index in [2.05, 4.69) is 10.5 Å². The topological polar surface area (TPSA) is 84.6 Å². The molecule has 0 aromatic heterocycles. The molecule has 6 heteroatoms. The molecule has 0 unspecified atom stereocenters. The van der Waals surface area contributed by atoms with Gasteiger partial charge in [0.2, 0.25) is 5.91 Å². The number of hydrogen-bond acceptors (Lipinski definition) is 4. The average Bonchev–Trinajstić information content (AvgIpc) is 2.50. The van der Waals surface area contributed by atoms with Gasteiger partial charge in [0.05, 0.1) is 23.1 Å². The van der Waals surface area contributed by atoms with Crippen LogP contribution in [0.4, 0.5) is 5.69 Å². The number of para-hydroxylation sites is 1. The van der Waals surface area contributed by atoms with Crippen LogP contribution in [0.5, 0.6) is 0 Å². The van der Waals surface area contributed by atoms with E-state index in [1.54, 1.807) is 18.2 Å². The standard InChI is InChI=1S/C17H17N3O3/c1-12-7-8-14(13(2)9-12)10-17(21)19-18-11-15-5-3-4-6-16(15)20(22)23/h3-9,11H,10H2,1-2H3,(H,19,21)/b18-11-. The average molecular weight is 311 g/mol. The van der Waals surface area contributed by atoms with E-state index in [-0.39, 0.29) is 18.0 Å². The maximum absolute atomic E-state index is 11.9. The zero-order valence-corrected chi connectivity index (χ0v) is 12.9. The van der Waals surface area contributed by atoms with Crippen molar-refractivity contribution in [2.75, 3.05) is 0 Å². The molecule has 2 rings (SSSR count). The van der Waals surface area contributed by atoms with Crippen molar-refractivity contribution in [1.29, 1.82) is 0 Å². The third-order valence-electron chi connectivity index (χ3n) is 3.38. The third-order valence-corrected chi connectivity index (χ3v) is 3.38. The number of benzene rings is 2. The molecule has 0 fully saturated rings. The molecule has 0 heterocycles. The number of hydrazone groups is 1. The number of hydrogen-bond donors (Lipinski definition) is 1. The number of nitrogens with one attached hydrogen (secondary N) is 1. The van der Waals surface area contributed by atoms with Crippen LogP contribution >= 0.6 is 0 Å². The predicted molar refractivity (Wildman–Crippen MR) is 88.5 cm³/mol. The van der Waals surface area contributed by atoms with Gasteiger partial charge in [-0.1, -0.05) is 35.9 Å². The molecule has 0 radical (unpaired) electrons. The van der Waals surface area contributed by atoms with E-state index in [4.69, 9.17) is 0 Å². The lowest BCUT2D eigenvalue weighted by Crippen LogP contribution is -2.20. The SMILES string of the molecule is Cc1ccc(CC(=O)N/N=C\c2ccccc2[N+](=O)[O-])c(C)c1. The highest BCUT2D eigenvalue weighted by molar-refractivity contribution is 5.87. The summed E-state index contributed by atoms with van der Waals surface area (Å²) in [4.78, 5) is 22.3. The van der Waals surface area contributed by atoms with Crippen LogP contribution in [-0.2, 0) is 11.2 Å². The van der Waals surface area contributed by atoms with E-state index in [0.717, 1.165) is 16.7 Å². The second kappa shape index (κ2) is 7.31. The second-order valence-corrected chi connectivity index (χ2v) is 5.22. The summed E-state index contributed by atoms with van der Waals surface area (Å²) in [5.74, 6) is -0.271. The van der Waals surface area contributed by atoms with Crippen molar-refractivity contribution in [3.63, 3.8) is 0 Å². The number of nitro benzene ring substituents is 1. The molecule has 0 saturated heterocycles. The summed E-state index contributed by atoms with van der Waals surface area (Å²) in [5, 5.41) is 14.7. The van der Waals surface area contributed by atoms with Crippen LogP contribution < -0.4 is 5.43 Å². The van der Waals surface area contributed by atoms with Gasteiger partial charge >= 0.3 is 0 Å². The van der Waals surface area contributed by atoms with Crippen LogP contribution in [0.15, 0.2) is 47.6 Å². The van der Waals surface area contributed by atoms with Gasteiger partial charge in [0, 0.05) is 6.07 Å². The smallest absolute Gasteiger partial charge is 0.273 e. The van der Waals surface area contributed by atoms with Crippen LogP contribution in [0.1, 0.15) is 22.3 Å². The summed E-state index contributed by atoms with van der Waals surface area (Å²) < 4.78 is 0. The van der Waals surface area contributed by atoms with E-state index in [1.165, 1.54) is 12.3 Å². The molecular weight excluding hydrogens is 294 g/mol. The lowest BCUT2D eigenvalue weighted by molar-refractivity contribution is -0.385. The number of carbonyl (C=O) groups excluding carboxylic acids is 1. The monoisotopic (exact) mass is 311 g/mol. The Morgan fingerprint density at radius 2 is 2.00 bits per heavy atom. The minimum absolute atomic E-state index is 0.0557. The number of carbonyl (C=O) groups is 1. The van der Waals surface area contributed by atoms with Crippen molar-refractivity contribution in [2.24, 2.45) is 5.10 Å². The van der Waals surface area contributed by atoms with E-state index in [9.17, 15) is 14.9 Å². The molecule has 118 valence electrons. The van der Waals surface area contributed by atoms with Crippen molar-refractivity contribution >= 4 is 17.8 Å². The molecule has 1 N–H and O–H groups in total. The van der Waals surface area contributed by atoms with Crippen molar-refractivity contribution in [3.05, 3.63) is 74.8 Å². The van der Waals surface area contributed by atoms with Gasteiger partial charge < -0.3 is 0 Å². The Balaban J connectivity index is 2.00. The zero-order chi connectivity index (χ0) is 16.8. The van der Waals surface area contributed by atoms with Crippen LogP contribution in [0.25, 0.3) is 0 Å². The fourth-order valence-corrected chi connectivity index (χ4v) is 2.19. The summed E-state index contributed by atoms with van der Waals surface area (Å²) in [6, 6.07) is 12.1. The number of aryl methyl sites for hydroxylation is 2. The lowest BCUT2D eigenvalue weighted by Gasteiger charge is -2.05. The Morgan fingerprint density at radius 3 is 2.70 bits per heavy atom. The van der Waals surface area contributed by atoms with Crippen LogP contribution in [0.2, 0.25) is 0 Å². The molecule has 0 aliphatic carbocycles. The van der Waals surface area contributed by atoms with Gasteiger partial charge in [0.1, 0.15) is 0 Å². The molecule has 0 atom stereocenters. The van der Waals surface area contributed by atoms with E-state index >= 15 is 0 Å². The first kappa shape index (κ1) is 16.4. The molecule has 0 saturated carbocycles. The fourth-order valence-electron chi connectivity index (χ4n) is 2.19. The van der Waals surface area contributed by atoms with Gasteiger partial charge in [-0.25, -0.2) is 5.43 Å². The van der Waals surface area contributed by atoms with Crippen molar-refractivity contribution in [3.8, 4) is 0 Å². The minimum atomic E-state index is -0.487. The van der Waals surface area contributed by atoms with Gasteiger partial charge in [-0.2, -0.15) is 5.10 Å². The van der Waals surface area contributed by atoms with Crippen LogP contribution in [-0.4, -0.2) is 17.0 Å². The molecule has 2 aromatic rings.